The van der Waals surface area contributed by atoms with Crippen LogP contribution in [-0.2, 0) is 12.8 Å². The average molecular weight is 430 g/mol. The van der Waals surface area contributed by atoms with Crippen molar-refractivity contribution in [2.75, 3.05) is 32.8 Å². The van der Waals surface area contributed by atoms with Crippen molar-refractivity contribution in [3.05, 3.63) is 63.1 Å². The molecule has 1 aliphatic carbocycles. The summed E-state index contributed by atoms with van der Waals surface area (Å²) in [6.45, 7) is 4.48. The van der Waals surface area contributed by atoms with Gasteiger partial charge in [0.15, 0.2) is 0 Å². The number of hydrogen-bond donors (Lipinski definition) is 2. The Morgan fingerprint density at radius 2 is 2.13 bits per heavy atom. The molecule has 30 heavy (non-hydrogen) atoms. The molecule has 6 nitrogen and oxygen atoms in total. The molecule has 5 rings (SSSR count). The molecule has 7 heteroatoms. The van der Waals surface area contributed by atoms with Gasteiger partial charge >= 0.3 is 0 Å². The first kappa shape index (κ1) is 21.1. The number of aromatic nitrogens is 1. The molecule has 1 amide bonds. The van der Waals surface area contributed by atoms with Crippen molar-refractivity contribution in [2.24, 2.45) is 11.3 Å². The second kappa shape index (κ2) is 7.84. The van der Waals surface area contributed by atoms with Crippen molar-refractivity contribution in [1.82, 2.24) is 14.8 Å². The van der Waals surface area contributed by atoms with Gasteiger partial charge in [0.1, 0.15) is 5.56 Å². The van der Waals surface area contributed by atoms with Gasteiger partial charge < -0.3 is 15.3 Å². The number of carbonyl (C=O) groups excluding carboxylic acids is 1. The number of fused-ring (bicyclic) bond motifs is 2. The summed E-state index contributed by atoms with van der Waals surface area (Å²) in [7, 11) is 0. The lowest BCUT2D eigenvalue weighted by atomic mass is 9.82. The number of benzene rings is 1. The topological polar surface area (TPSA) is 74.6 Å². The Labute approximate surface area is 182 Å². The van der Waals surface area contributed by atoms with E-state index in [4.69, 9.17) is 0 Å². The molecular weight excluding hydrogens is 402 g/mol. The Kier molecular flexibility index (Phi) is 5.51. The van der Waals surface area contributed by atoms with Crippen LogP contribution in [0.1, 0.15) is 33.5 Å². The number of nitrogens with zero attached hydrogens (tertiary/aromatic N) is 2. The summed E-state index contributed by atoms with van der Waals surface area (Å²) >= 11 is 0. The fourth-order valence-corrected chi connectivity index (χ4v) is 5.46. The van der Waals surface area contributed by atoms with E-state index in [0.717, 1.165) is 31.5 Å². The monoisotopic (exact) mass is 429 g/mol. The van der Waals surface area contributed by atoms with Crippen LogP contribution in [0.25, 0.3) is 5.69 Å². The molecule has 0 spiro atoms. The van der Waals surface area contributed by atoms with Gasteiger partial charge in [0.2, 0.25) is 0 Å². The Bertz CT molecular complexity index is 1050. The van der Waals surface area contributed by atoms with Crippen LogP contribution in [0.3, 0.4) is 0 Å². The van der Waals surface area contributed by atoms with Crippen LogP contribution < -0.4 is 10.9 Å². The standard InChI is InChI=1S/C23H27N3O3.ClH/c1-15-8-9-26(19-7-3-5-16-4-2-6-18(16)19)22(29)20(15)21(28)25-11-17-10-24-12-23(17,13-25)14-27;/h3,5,7-9,17,24,27H,2,4,6,10-14H2,1H3;1H/t17-,23+;/m0./s1. The molecule has 0 bridgehead atoms. The van der Waals surface area contributed by atoms with E-state index in [1.165, 1.54) is 11.1 Å². The van der Waals surface area contributed by atoms with Crippen molar-refractivity contribution in [2.45, 2.75) is 26.2 Å². The molecule has 0 unspecified atom stereocenters. The molecule has 3 aliphatic rings. The molecule has 1 aromatic heterocycles. The van der Waals surface area contributed by atoms with E-state index in [-0.39, 0.29) is 47.4 Å². The van der Waals surface area contributed by atoms with Crippen molar-refractivity contribution >= 4 is 18.3 Å². The fourth-order valence-electron chi connectivity index (χ4n) is 5.46. The van der Waals surface area contributed by atoms with Gasteiger partial charge in [0.05, 0.1) is 12.3 Å². The smallest absolute Gasteiger partial charge is 0.268 e. The minimum Gasteiger partial charge on any atom is -0.396 e. The van der Waals surface area contributed by atoms with Crippen LogP contribution in [-0.4, -0.2) is 53.3 Å². The molecular formula is C23H28ClN3O3. The van der Waals surface area contributed by atoms with Crippen molar-refractivity contribution in [3.8, 4) is 5.69 Å². The van der Waals surface area contributed by atoms with E-state index < -0.39 is 0 Å². The zero-order valence-corrected chi connectivity index (χ0v) is 18.0. The summed E-state index contributed by atoms with van der Waals surface area (Å²) in [6.07, 6.45) is 4.91. The van der Waals surface area contributed by atoms with Gasteiger partial charge in [-0.25, -0.2) is 0 Å². The van der Waals surface area contributed by atoms with Crippen LogP contribution in [0.5, 0.6) is 0 Å². The third-order valence-electron chi connectivity index (χ3n) is 7.18. The molecule has 1 aromatic carbocycles. The van der Waals surface area contributed by atoms with E-state index in [2.05, 4.69) is 11.4 Å². The highest BCUT2D eigenvalue weighted by Crippen LogP contribution is 2.39. The Balaban J connectivity index is 0.00000218. The second-order valence-corrected chi connectivity index (χ2v) is 8.85. The second-order valence-electron chi connectivity index (χ2n) is 8.85. The molecule has 160 valence electrons. The first-order chi connectivity index (χ1) is 14.0. The Hall–Kier alpha value is -2.15. The fraction of sp³-hybridized carbons (Fsp3) is 0.478. The van der Waals surface area contributed by atoms with E-state index in [0.29, 0.717) is 25.2 Å². The van der Waals surface area contributed by atoms with Gasteiger partial charge in [-0.15, -0.1) is 12.4 Å². The van der Waals surface area contributed by atoms with Gasteiger partial charge in [-0.2, -0.15) is 0 Å². The molecule has 2 fully saturated rings. The first-order valence-corrected chi connectivity index (χ1v) is 10.5. The summed E-state index contributed by atoms with van der Waals surface area (Å²) in [5.41, 5.74) is 3.85. The SMILES string of the molecule is Cc1ccn(-c2cccc3c2CCC3)c(=O)c1C(=O)N1C[C@@H]2CNC[C@]2(CO)C1.Cl. The highest BCUT2D eigenvalue weighted by molar-refractivity contribution is 5.95. The van der Waals surface area contributed by atoms with E-state index in [1.54, 1.807) is 15.7 Å². The van der Waals surface area contributed by atoms with Gasteiger partial charge in [-0.05, 0) is 60.9 Å². The number of nitrogens with one attached hydrogen (secondary N) is 1. The highest BCUT2D eigenvalue weighted by atomic mass is 35.5. The zero-order chi connectivity index (χ0) is 20.2. The molecule has 2 aliphatic heterocycles. The molecule has 3 heterocycles. The Morgan fingerprint density at radius 3 is 2.90 bits per heavy atom. The lowest BCUT2D eigenvalue weighted by molar-refractivity contribution is 0.0742. The lowest BCUT2D eigenvalue weighted by Gasteiger charge is -2.25. The number of amides is 1. The number of pyridine rings is 1. The average Bonchev–Trinajstić information content (AvgIpc) is 3.41. The third-order valence-corrected chi connectivity index (χ3v) is 7.18. The maximum atomic E-state index is 13.4. The van der Waals surface area contributed by atoms with E-state index in [1.807, 2.05) is 25.1 Å². The largest absolute Gasteiger partial charge is 0.396 e. The highest BCUT2D eigenvalue weighted by Gasteiger charge is 2.50. The summed E-state index contributed by atoms with van der Waals surface area (Å²) in [4.78, 5) is 28.6. The van der Waals surface area contributed by atoms with Crippen LogP contribution in [0.4, 0.5) is 0 Å². The van der Waals surface area contributed by atoms with E-state index >= 15 is 0 Å². The number of aryl methyl sites for hydroxylation is 2. The first-order valence-electron chi connectivity index (χ1n) is 10.5. The molecule has 2 N–H and O–H groups in total. The predicted molar refractivity (Wildman–Crippen MR) is 118 cm³/mol. The number of aliphatic hydroxyl groups excluding tert-OH is 1. The third kappa shape index (κ3) is 3.09. The van der Waals surface area contributed by atoms with Crippen molar-refractivity contribution in [1.29, 1.82) is 0 Å². The van der Waals surface area contributed by atoms with Crippen molar-refractivity contribution in [3.63, 3.8) is 0 Å². The quantitative estimate of drug-likeness (QED) is 0.779. The van der Waals surface area contributed by atoms with Gasteiger partial charge in [0, 0.05) is 37.8 Å². The molecule has 2 aromatic rings. The summed E-state index contributed by atoms with van der Waals surface area (Å²) in [6, 6.07) is 7.96. The van der Waals surface area contributed by atoms with Crippen LogP contribution in [0.15, 0.2) is 35.3 Å². The molecule has 2 atom stereocenters. The number of carbonyl (C=O) groups is 1. The number of rotatable bonds is 3. The normalized spacial score (nSPS) is 24.5. The number of hydrogen-bond acceptors (Lipinski definition) is 4. The molecule has 0 radical (unpaired) electrons. The number of aliphatic hydroxyl groups is 1. The minimum atomic E-state index is -0.280. The van der Waals surface area contributed by atoms with Gasteiger partial charge in [-0.3, -0.25) is 14.2 Å². The summed E-state index contributed by atoms with van der Waals surface area (Å²) in [5.74, 6) is 0.0248. The Morgan fingerprint density at radius 1 is 1.30 bits per heavy atom. The predicted octanol–water partition coefficient (Wildman–Crippen LogP) is 1.71. The number of halogens is 1. The summed E-state index contributed by atoms with van der Waals surface area (Å²) in [5, 5.41) is 13.3. The molecule has 0 saturated carbocycles. The maximum absolute atomic E-state index is 13.4. The zero-order valence-electron chi connectivity index (χ0n) is 17.2. The number of likely N-dealkylation sites (tertiary alicyclic amines) is 1. The van der Waals surface area contributed by atoms with Crippen molar-refractivity contribution < 1.29 is 9.90 Å². The van der Waals surface area contributed by atoms with Crippen LogP contribution in [0, 0.1) is 18.3 Å². The minimum absolute atomic E-state index is 0. The van der Waals surface area contributed by atoms with Crippen LogP contribution >= 0.6 is 12.4 Å². The van der Waals surface area contributed by atoms with Gasteiger partial charge in [-0.1, -0.05) is 12.1 Å². The van der Waals surface area contributed by atoms with E-state index in [9.17, 15) is 14.7 Å². The summed E-state index contributed by atoms with van der Waals surface area (Å²) < 4.78 is 1.64. The van der Waals surface area contributed by atoms with Gasteiger partial charge in [0.25, 0.3) is 11.5 Å². The maximum Gasteiger partial charge on any atom is 0.268 e. The molecule has 2 saturated heterocycles. The lowest BCUT2D eigenvalue weighted by Crippen LogP contribution is -2.40. The van der Waals surface area contributed by atoms with Crippen LogP contribution in [0.2, 0.25) is 0 Å².